The quantitative estimate of drug-likeness (QED) is 0.513. The lowest BCUT2D eigenvalue weighted by molar-refractivity contribution is 0.315. The van der Waals surface area contributed by atoms with Crippen LogP contribution in [-0.2, 0) is 0 Å². The molecule has 0 fully saturated rings. The predicted octanol–water partition coefficient (Wildman–Crippen LogP) is 4.17. The second-order valence-electron chi connectivity index (χ2n) is 4.32. The van der Waals surface area contributed by atoms with Gasteiger partial charge in [-0.15, -0.1) is 0 Å². The topological polar surface area (TPSA) is 0 Å². The molecule has 0 heterocycles. The van der Waals surface area contributed by atoms with Crippen LogP contribution >= 0.6 is 0 Å². The van der Waals surface area contributed by atoms with Gasteiger partial charge in [0.25, 0.3) is 0 Å². The average molecular weight is 166 g/mol. The fraction of sp³-hybridized carbons (Fsp3) is 0.833. The van der Waals surface area contributed by atoms with Gasteiger partial charge < -0.3 is 0 Å². The maximum atomic E-state index is 2.45. The highest BCUT2D eigenvalue weighted by atomic mass is 14.2. The SMILES string of the molecule is CCC1CCCC(C)=CCC1C. The molecular weight excluding hydrogens is 144 g/mol. The van der Waals surface area contributed by atoms with Crippen molar-refractivity contribution in [1.29, 1.82) is 0 Å². The van der Waals surface area contributed by atoms with E-state index in [1.807, 2.05) is 0 Å². The van der Waals surface area contributed by atoms with Crippen LogP contribution in [0.2, 0.25) is 0 Å². The van der Waals surface area contributed by atoms with E-state index in [4.69, 9.17) is 0 Å². The minimum absolute atomic E-state index is 0.908. The van der Waals surface area contributed by atoms with E-state index < -0.39 is 0 Å². The Morgan fingerprint density at radius 1 is 1.50 bits per heavy atom. The molecule has 0 spiro atoms. The van der Waals surface area contributed by atoms with E-state index in [1.54, 1.807) is 5.57 Å². The van der Waals surface area contributed by atoms with E-state index in [2.05, 4.69) is 26.8 Å². The standard InChI is InChI=1S/C12H22/c1-4-12-7-5-6-10(2)8-9-11(12)3/h8,11-12H,4-7,9H2,1-3H3. The van der Waals surface area contributed by atoms with Gasteiger partial charge in [-0.3, -0.25) is 0 Å². The Kier molecular flexibility index (Phi) is 3.84. The van der Waals surface area contributed by atoms with Crippen LogP contribution in [-0.4, -0.2) is 0 Å². The van der Waals surface area contributed by atoms with Crippen LogP contribution in [0.5, 0.6) is 0 Å². The van der Waals surface area contributed by atoms with E-state index in [0.29, 0.717) is 0 Å². The summed E-state index contributed by atoms with van der Waals surface area (Å²) in [5, 5.41) is 0. The van der Waals surface area contributed by atoms with Crippen LogP contribution in [0.1, 0.15) is 52.9 Å². The summed E-state index contributed by atoms with van der Waals surface area (Å²) in [6, 6.07) is 0. The van der Waals surface area contributed by atoms with E-state index in [-0.39, 0.29) is 0 Å². The summed E-state index contributed by atoms with van der Waals surface area (Å²) in [4.78, 5) is 0. The molecular formula is C12H22. The van der Waals surface area contributed by atoms with Crippen molar-refractivity contribution < 1.29 is 0 Å². The van der Waals surface area contributed by atoms with E-state index >= 15 is 0 Å². The largest absolute Gasteiger partial charge is 0.0853 e. The first-order valence-corrected chi connectivity index (χ1v) is 5.39. The monoisotopic (exact) mass is 166 g/mol. The third kappa shape index (κ3) is 2.66. The van der Waals surface area contributed by atoms with Gasteiger partial charge in [-0.05, 0) is 44.4 Å². The van der Waals surface area contributed by atoms with Gasteiger partial charge in [0.2, 0.25) is 0 Å². The maximum Gasteiger partial charge on any atom is -0.0320 e. The summed E-state index contributed by atoms with van der Waals surface area (Å²) >= 11 is 0. The van der Waals surface area contributed by atoms with Gasteiger partial charge in [0.05, 0.1) is 0 Å². The summed E-state index contributed by atoms with van der Waals surface area (Å²) in [5.74, 6) is 1.89. The Balaban J connectivity index is 2.52. The van der Waals surface area contributed by atoms with Gasteiger partial charge in [-0.25, -0.2) is 0 Å². The van der Waals surface area contributed by atoms with E-state index in [0.717, 1.165) is 11.8 Å². The fourth-order valence-electron chi connectivity index (χ4n) is 2.22. The molecule has 0 aromatic heterocycles. The average Bonchev–Trinajstić information content (AvgIpc) is 2.06. The predicted molar refractivity (Wildman–Crippen MR) is 55.2 cm³/mol. The molecule has 0 radical (unpaired) electrons. The molecule has 12 heavy (non-hydrogen) atoms. The van der Waals surface area contributed by atoms with Gasteiger partial charge in [0.15, 0.2) is 0 Å². The Morgan fingerprint density at radius 2 is 2.25 bits per heavy atom. The summed E-state index contributed by atoms with van der Waals surface area (Å²) < 4.78 is 0. The van der Waals surface area contributed by atoms with Gasteiger partial charge in [0, 0.05) is 0 Å². The minimum Gasteiger partial charge on any atom is -0.0853 e. The molecule has 0 aromatic carbocycles. The first-order valence-electron chi connectivity index (χ1n) is 5.39. The Morgan fingerprint density at radius 3 is 2.92 bits per heavy atom. The number of rotatable bonds is 1. The Bertz CT molecular complexity index is 155. The Hall–Kier alpha value is -0.260. The molecule has 0 nitrogen and oxygen atoms in total. The van der Waals surface area contributed by atoms with Gasteiger partial charge in [-0.1, -0.05) is 31.9 Å². The molecule has 1 aliphatic carbocycles. The maximum absolute atomic E-state index is 2.45. The van der Waals surface area contributed by atoms with Crippen LogP contribution in [0.4, 0.5) is 0 Å². The summed E-state index contributed by atoms with van der Waals surface area (Å²) in [6.45, 7) is 7.02. The molecule has 0 aromatic rings. The van der Waals surface area contributed by atoms with Crippen molar-refractivity contribution in [3.05, 3.63) is 11.6 Å². The molecule has 70 valence electrons. The molecule has 0 N–H and O–H groups in total. The first-order chi connectivity index (χ1) is 5.74. The van der Waals surface area contributed by atoms with Crippen molar-refractivity contribution in [2.24, 2.45) is 11.8 Å². The molecule has 0 heteroatoms. The van der Waals surface area contributed by atoms with Gasteiger partial charge in [0.1, 0.15) is 0 Å². The van der Waals surface area contributed by atoms with Crippen molar-refractivity contribution in [3.8, 4) is 0 Å². The molecule has 2 unspecified atom stereocenters. The number of hydrogen-bond acceptors (Lipinski definition) is 0. The van der Waals surface area contributed by atoms with E-state index in [1.165, 1.54) is 32.1 Å². The fourth-order valence-corrected chi connectivity index (χ4v) is 2.22. The summed E-state index contributed by atoms with van der Waals surface area (Å²) in [7, 11) is 0. The zero-order valence-corrected chi connectivity index (χ0v) is 8.77. The lowest BCUT2D eigenvalue weighted by Crippen LogP contribution is -2.11. The van der Waals surface area contributed by atoms with E-state index in [9.17, 15) is 0 Å². The van der Waals surface area contributed by atoms with Gasteiger partial charge in [-0.2, -0.15) is 0 Å². The molecule has 0 amide bonds. The smallest absolute Gasteiger partial charge is 0.0320 e. The molecule has 0 saturated carbocycles. The third-order valence-corrected chi connectivity index (χ3v) is 3.31. The Labute approximate surface area is 77.1 Å². The van der Waals surface area contributed by atoms with Crippen molar-refractivity contribution in [2.75, 3.05) is 0 Å². The molecule has 1 aliphatic rings. The van der Waals surface area contributed by atoms with Crippen LogP contribution < -0.4 is 0 Å². The first kappa shape index (κ1) is 9.83. The second kappa shape index (κ2) is 4.69. The molecule has 0 aliphatic heterocycles. The molecule has 1 rings (SSSR count). The minimum atomic E-state index is 0.908. The normalized spacial score (nSPS) is 32.1. The highest BCUT2D eigenvalue weighted by Crippen LogP contribution is 2.28. The zero-order chi connectivity index (χ0) is 8.97. The van der Waals surface area contributed by atoms with Crippen molar-refractivity contribution in [2.45, 2.75) is 52.9 Å². The van der Waals surface area contributed by atoms with Crippen LogP contribution in [0, 0.1) is 11.8 Å². The molecule has 2 atom stereocenters. The number of allylic oxidation sites excluding steroid dienone is 2. The lowest BCUT2D eigenvalue weighted by atomic mass is 9.82. The molecule has 0 saturated heterocycles. The van der Waals surface area contributed by atoms with Crippen molar-refractivity contribution in [1.82, 2.24) is 0 Å². The van der Waals surface area contributed by atoms with Crippen molar-refractivity contribution in [3.63, 3.8) is 0 Å². The second-order valence-corrected chi connectivity index (χ2v) is 4.32. The summed E-state index contributed by atoms with van der Waals surface area (Å²) in [5.41, 5.74) is 1.61. The van der Waals surface area contributed by atoms with Crippen LogP contribution in [0.15, 0.2) is 11.6 Å². The van der Waals surface area contributed by atoms with Crippen molar-refractivity contribution >= 4 is 0 Å². The molecule has 0 bridgehead atoms. The third-order valence-electron chi connectivity index (χ3n) is 3.31. The van der Waals surface area contributed by atoms with Crippen LogP contribution in [0.25, 0.3) is 0 Å². The highest BCUT2D eigenvalue weighted by Gasteiger charge is 2.15. The lowest BCUT2D eigenvalue weighted by Gasteiger charge is -2.24. The highest BCUT2D eigenvalue weighted by molar-refractivity contribution is 5.00. The van der Waals surface area contributed by atoms with Crippen LogP contribution in [0.3, 0.4) is 0 Å². The zero-order valence-electron chi connectivity index (χ0n) is 8.77. The summed E-state index contributed by atoms with van der Waals surface area (Å²) in [6.07, 6.45) is 9.32. The van der Waals surface area contributed by atoms with Gasteiger partial charge >= 0.3 is 0 Å². The number of hydrogen-bond donors (Lipinski definition) is 0.